The standard InChI is InChI=1S/C8H8N2O3.BF3/c11-8(6-10(12)13)9-7-4-2-1-3-5-7;2-1(3)4/h1-5H,6H2,(H,9,11);. The lowest BCUT2D eigenvalue weighted by Crippen LogP contribution is -2.21. The molecule has 0 aromatic heterocycles. The van der Waals surface area contributed by atoms with Crippen LogP contribution in [-0.4, -0.2) is 24.9 Å². The third-order valence-corrected chi connectivity index (χ3v) is 1.33. The van der Waals surface area contributed by atoms with E-state index < -0.39 is 24.9 Å². The average molecular weight is 248 g/mol. The number of hydrogen-bond acceptors (Lipinski definition) is 3. The molecule has 9 heteroatoms. The Hall–Kier alpha value is -2.06. The Bertz CT molecular complexity index is 362. The lowest BCUT2D eigenvalue weighted by molar-refractivity contribution is -0.467. The molecule has 0 saturated carbocycles. The third-order valence-electron chi connectivity index (χ3n) is 1.33. The van der Waals surface area contributed by atoms with Crippen molar-refractivity contribution in [1.82, 2.24) is 0 Å². The van der Waals surface area contributed by atoms with Crippen LogP contribution in [0.5, 0.6) is 0 Å². The van der Waals surface area contributed by atoms with Gasteiger partial charge in [-0.2, -0.15) is 0 Å². The molecule has 0 bridgehead atoms. The van der Waals surface area contributed by atoms with Gasteiger partial charge >= 0.3 is 7.54 Å². The van der Waals surface area contributed by atoms with Crippen LogP contribution in [0, 0.1) is 10.1 Å². The molecule has 0 atom stereocenters. The summed E-state index contributed by atoms with van der Waals surface area (Å²) in [7, 11) is -3.67. The molecule has 0 unspecified atom stereocenters. The summed E-state index contributed by atoms with van der Waals surface area (Å²) in [5.41, 5.74) is 0.564. The van der Waals surface area contributed by atoms with Gasteiger partial charge < -0.3 is 5.32 Å². The van der Waals surface area contributed by atoms with E-state index >= 15 is 0 Å². The molecule has 0 fully saturated rings. The molecule has 1 aromatic rings. The van der Waals surface area contributed by atoms with E-state index in [0.29, 0.717) is 5.69 Å². The first-order valence-electron chi connectivity index (χ1n) is 4.30. The quantitative estimate of drug-likeness (QED) is 0.503. The van der Waals surface area contributed by atoms with Crippen molar-refractivity contribution in [3.63, 3.8) is 0 Å². The Labute approximate surface area is 95.0 Å². The first-order valence-corrected chi connectivity index (χ1v) is 4.30. The number of para-hydroxylation sites is 1. The summed E-state index contributed by atoms with van der Waals surface area (Å²) in [6.45, 7) is -0.700. The largest absolute Gasteiger partial charge is 0.762 e. The topological polar surface area (TPSA) is 72.2 Å². The van der Waals surface area contributed by atoms with E-state index in [-0.39, 0.29) is 0 Å². The number of hydrogen-bond donors (Lipinski definition) is 1. The predicted octanol–water partition coefficient (Wildman–Crippen LogP) is 1.78. The highest BCUT2D eigenvalue weighted by molar-refractivity contribution is 6.33. The molecular weight excluding hydrogens is 240 g/mol. The highest BCUT2D eigenvalue weighted by atomic mass is 19.4. The Morgan fingerprint density at radius 1 is 1.29 bits per heavy atom. The van der Waals surface area contributed by atoms with E-state index in [1.807, 2.05) is 0 Å². The zero-order valence-electron chi connectivity index (χ0n) is 8.48. The van der Waals surface area contributed by atoms with Crippen LogP contribution in [0.1, 0.15) is 0 Å². The van der Waals surface area contributed by atoms with E-state index in [1.165, 1.54) is 0 Å². The number of carbonyl (C=O) groups is 1. The number of carbonyl (C=O) groups excluding carboxylic acids is 1. The first kappa shape index (κ1) is 14.9. The van der Waals surface area contributed by atoms with Gasteiger partial charge in [-0.25, -0.2) is 0 Å². The van der Waals surface area contributed by atoms with E-state index in [1.54, 1.807) is 30.3 Å². The summed E-state index contributed by atoms with van der Waals surface area (Å²) in [6, 6.07) is 8.60. The second kappa shape index (κ2) is 8.14. The monoisotopic (exact) mass is 248 g/mol. The Morgan fingerprint density at radius 3 is 2.18 bits per heavy atom. The van der Waals surface area contributed by atoms with Gasteiger partial charge in [0.2, 0.25) is 0 Å². The fraction of sp³-hybridized carbons (Fsp3) is 0.125. The zero-order valence-corrected chi connectivity index (χ0v) is 8.48. The molecular formula is C8H8BF3N2O3. The highest BCUT2D eigenvalue weighted by Gasteiger charge is 2.08. The molecule has 1 N–H and O–H groups in total. The Kier molecular flexibility index (Phi) is 7.15. The molecule has 0 spiro atoms. The minimum Gasteiger partial charge on any atom is -0.320 e. The number of benzene rings is 1. The molecule has 5 nitrogen and oxygen atoms in total. The Balaban J connectivity index is 0.000000557. The number of nitrogens with one attached hydrogen (secondary N) is 1. The van der Waals surface area contributed by atoms with Crippen LogP contribution in [0.15, 0.2) is 30.3 Å². The molecule has 1 aromatic carbocycles. The van der Waals surface area contributed by atoms with Crippen LogP contribution < -0.4 is 5.32 Å². The van der Waals surface area contributed by atoms with Gasteiger partial charge in [0, 0.05) is 10.6 Å². The molecule has 0 radical (unpaired) electrons. The van der Waals surface area contributed by atoms with E-state index in [4.69, 9.17) is 0 Å². The summed E-state index contributed by atoms with van der Waals surface area (Å²) in [4.78, 5) is 20.1. The molecule has 0 aliphatic heterocycles. The van der Waals surface area contributed by atoms with Crippen LogP contribution in [0.4, 0.5) is 18.6 Å². The van der Waals surface area contributed by atoms with E-state index in [9.17, 15) is 27.9 Å². The van der Waals surface area contributed by atoms with Crippen LogP contribution in [0.2, 0.25) is 0 Å². The van der Waals surface area contributed by atoms with Crippen molar-refractivity contribution < 1.29 is 22.7 Å². The van der Waals surface area contributed by atoms with Crippen molar-refractivity contribution in [1.29, 1.82) is 0 Å². The molecule has 0 heterocycles. The highest BCUT2D eigenvalue weighted by Crippen LogP contribution is 2.03. The maximum atomic E-state index is 10.9. The minimum atomic E-state index is -3.67. The number of amides is 1. The second-order valence-corrected chi connectivity index (χ2v) is 2.65. The van der Waals surface area contributed by atoms with Crippen LogP contribution >= 0.6 is 0 Å². The van der Waals surface area contributed by atoms with Gasteiger partial charge in [0.25, 0.3) is 12.5 Å². The minimum absolute atomic E-state index is 0.564. The van der Waals surface area contributed by atoms with Gasteiger partial charge in [-0.1, -0.05) is 18.2 Å². The average Bonchev–Trinajstić information content (AvgIpc) is 2.16. The molecule has 0 saturated heterocycles. The molecule has 0 aliphatic rings. The molecule has 17 heavy (non-hydrogen) atoms. The smallest absolute Gasteiger partial charge is 0.320 e. The van der Waals surface area contributed by atoms with Crippen molar-refractivity contribution in [3.05, 3.63) is 40.4 Å². The van der Waals surface area contributed by atoms with Gasteiger partial charge in [0.05, 0.1) is 0 Å². The summed E-state index contributed by atoms with van der Waals surface area (Å²) in [6.07, 6.45) is 0. The van der Waals surface area contributed by atoms with Crippen molar-refractivity contribution in [2.24, 2.45) is 0 Å². The fourth-order valence-corrected chi connectivity index (χ4v) is 0.839. The normalized spacial score (nSPS) is 8.65. The fourth-order valence-electron chi connectivity index (χ4n) is 0.839. The number of nitrogens with zero attached hydrogens (tertiary/aromatic N) is 1. The molecule has 1 amide bonds. The second-order valence-electron chi connectivity index (χ2n) is 2.65. The van der Waals surface area contributed by atoms with E-state index in [0.717, 1.165) is 0 Å². The number of anilines is 1. The molecule has 1 rings (SSSR count). The lowest BCUT2D eigenvalue weighted by Gasteiger charge is -2.00. The van der Waals surface area contributed by atoms with Gasteiger partial charge in [0.1, 0.15) is 0 Å². The molecule has 0 aliphatic carbocycles. The predicted molar refractivity (Wildman–Crippen MR) is 56.0 cm³/mol. The van der Waals surface area contributed by atoms with Crippen LogP contribution in [0.25, 0.3) is 0 Å². The number of halogens is 3. The van der Waals surface area contributed by atoms with Gasteiger partial charge in [-0.15, -0.1) is 0 Å². The van der Waals surface area contributed by atoms with Gasteiger partial charge in [0.15, 0.2) is 0 Å². The molecule has 92 valence electrons. The SMILES string of the molecule is FB(F)F.O=C(C[N+](=O)[O-])Nc1ccccc1. The summed E-state index contributed by atoms with van der Waals surface area (Å²) >= 11 is 0. The number of nitro groups is 1. The van der Waals surface area contributed by atoms with Crippen molar-refractivity contribution in [3.8, 4) is 0 Å². The van der Waals surface area contributed by atoms with Crippen LogP contribution in [-0.2, 0) is 4.79 Å². The first-order chi connectivity index (χ1) is 7.91. The Morgan fingerprint density at radius 2 is 1.76 bits per heavy atom. The summed E-state index contributed by atoms with van der Waals surface area (Å²) in [5.74, 6) is -0.615. The third kappa shape index (κ3) is 10.2. The van der Waals surface area contributed by atoms with E-state index in [2.05, 4.69) is 5.32 Å². The summed E-state index contributed by atoms with van der Waals surface area (Å²) < 4.78 is 29.0. The maximum absolute atomic E-state index is 10.9. The van der Waals surface area contributed by atoms with Gasteiger partial charge in [-0.3, -0.25) is 27.9 Å². The van der Waals surface area contributed by atoms with Crippen LogP contribution in [0.3, 0.4) is 0 Å². The van der Waals surface area contributed by atoms with Crippen molar-refractivity contribution in [2.45, 2.75) is 0 Å². The van der Waals surface area contributed by atoms with Crippen molar-refractivity contribution >= 4 is 19.1 Å². The zero-order chi connectivity index (χ0) is 13.3. The van der Waals surface area contributed by atoms with Crippen molar-refractivity contribution in [2.75, 3.05) is 11.9 Å². The van der Waals surface area contributed by atoms with Gasteiger partial charge in [-0.05, 0) is 12.1 Å². The summed E-state index contributed by atoms with van der Waals surface area (Å²) in [5, 5.41) is 12.3. The maximum Gasteiger partial charge on any atom is 0.762 e. The lowest BCUT2D eigenvalue weighted by atomic mass is 10.3. The number of rotatable bonds is 3.